The number of hydrogen-bond acceptors (Lipinski definition) is 5. The molecule has 0 saturated carbocycles. The summed E-state index contributed by atoms with van der Waals surface area (Å²) in [6, 6.07) is 4.04. The van der Waals surface area contributed by atoms with Crippen molar-refractivity contribution in [3.8, 4) is 5.69 Å². The fourth-order valence-electron chi connectivity index (χ4n) is 1.65. The molecule has 0 radical (unpaired) electrons. The first-order valence-electron chi connectivity index (χ1n) is 6.51. The number of rotatable bonds is 6. The first-order valence-corrected chi connectivity index (χ1v) is 6.51. The molecule has 7 heteroatoms. The van der Waals surface area contributed by atoms with Crippen molar-refractivity contribution in [2.75, 3.05) is 13.2 Å². The number of hydrogen-bond donors (Lipinski definition) is 0. The van der Waals surface area contributed by atoms with Gasteiger partial charge in [-0.2, -0.15) is 5.10 Å². The Hall–Kier alpha value is -2.28. The Bertz CT molecular complexity index is 600. The summed E-state index contributed by atoms with van der Waals surface area (Å²) in [6.07, 6.45) is 2.75. The van der Waals surface area contributed by atoms with Crippen LogP contribution in [0.15, 0.2) is 30.9 Å². The van der Waals surface area contributed by atoms with Crippen LogP contribution in [0.25, 0.3) is 5.69 Å². The topological polar surface area (TPSA) is 66.2 Å². The molecule has 2 aromatic rings. The number of esters is 1. The molecule has 0 N–H and O–H groups in total. The van der Waals surface area contributed by atoms with E-state index in [0.29, 0.717) is 6.61 Å². The van der Waals surface area contributed by atoms with Crippen LogP contribution >= 0.6 is 0 Å². The molecule has 0 atom stereocenters. The Morgan fingerprint density at radius 1 is 1.38 bits per heavy atom. The molecule has 0 fully saturated rings. The molecule has 0 spiro atoms. The number of aromatic nitrogens is 3. The van der Waals surface area contributed by atoms with Crippen LogP contribution < -0.4 is 0 Å². The van der Waals surface area contributed by atoms with Crippen molar-refractivity contribution >= 4 is 5.97 Å². The molecule has 1 heterocycles. The average molecular weight is 293 g/mol. The fraction of sp³-hybridized carbons (Fsp3) is 0.357. The van der Waals surface area contributed by atoms with E-state index in [2.05, 4.69) is 10.1 Å². The van der Waals surface area contributed by atoms with Gasteiger partial charge in [0.2, 0.25) is 0 Å². The Labute approximate surface area is 121 Å². The van der Waals surface area contributed by atoms with E-state index >= 15 is 0 Å². The normalized spacial score (nSPS) is 10.9. The third kappa shape index (κ3) is 4.09. The number of carbonyl (C=O) groups is 1. The predicted molar refractivity (Wildman–Crippen MR) is 72.7 cm³/mol. The van der Waals surface area contributed by atoms with Crippen LogP contribution in [0.4, 0.5) is 4.39 Å². The highest BCUT2D eigenvalue weighted by atomic mass is 19.1. The maximum absolute atomic E-state index is 13.9. The molecule has 21 heavy (non-hydrogen) atoms. The molecule has 1 aromatic heterocycles. The Morgan fingerprint density at radius 3 is 2.81 bits per heavy atom. The van der Waals surface area contributed by atoms with E-state index in [0.717, 1.165) is 6.07 Å². The Balaban J connectivity index is 1.98. The fourth-order valence-corrected chi connectivity index (χ4v) is 1.65. The lowest BCUT2D eigenvalue weighted by molar-refractivity contribution is 0.0176. The molecule has 0 amide bonds. The van der Waals surface area contributed by atoms with Gasteiger partial charge in [0.1, 0.15) is 30.8 Å². The van der Waals surface area contributed by atoms with E-state index in [4.69, 9.17) is 9.47 Å². The van der Waals surface area contributed by atoms with Gasteiger partial charge in [0.25, 0.3) is 0 Å². The second kappa shape index (κ2) is 6.94. The number of nitrogens with zero attached hydrogens (tertiary/aromatic N) is 3. The summed E-state index contributed by atoms with van der Waals surface area (Å²) in [5.41, 5.74) is 0.355. The SMILES string of the molecule is CC(C)OCCOC(=O)c1ccc(-n2cncn2)c(F)c1. The monoisotopic (exact) mass is 293 g/mol. The molecule has 6 nitrogen and oxygen atoms in total. The second-order valence-corrected chi connectivity index (χ2v) is 4.56. The summed E-state index contributed by atoms with van der Waals surface area (Å²) in [5, 5.41) is 3.83. The molecule has 2 rings (SSSR count). The summed E-state index contributed by atoms with van der Waals surface area (Å²) in [4.78, 5) is 15.5. The average Bonchev–Trinajstić information content (AvgIpc) is 2.97. The molecular formula is C14H16FN3O3. The van der Waals surface area contributed by atoms with E-state index in [-0.39, 0.29) is 24.0 Å². The maximum Gasteiger partial charge on any atom is 0.338 e. The zero-order valence-electron chi connectivity index (χ0n) is 11.8. The zero-order valence-corrected chi connectivity index (χ0v) is 11.8. The Morgan fingerprint density at radius 2 is 2.19 bits per heavy atom. The highest BCUT2D eigenvalue weighted by Crippen LogP contribution is 2.14. The molecule has 0 aliphatic carbocycles. The summed E-state index contributed by atoms with van der Waals surface area (Å²) in [5.74, 6) is -1.17. The zero-order chi connectivity index (χ0) is 15.2. The van der Waals surface area contributed by atoms with Crippen LogP contribution in [-0.4, -0.2) is 40.1 Å². The number of benzene rings is 1. The molecule has 0 aliphatic heterocycles. The number of ether oxygens (including phenoxy) is 2. The molecule has 0 saturated heterocycles. The largest absolute Gasteiger partial charge is 0.460 e. The highest BCUT2D eigenvalue weighted by Gasteiger charge is 2.12. The molecule has 112 valence electrons. The van der Waals surface area contributed by atoms with Crippen LogP contribution in [0.3, 0.4) is 0 Å². The highest BCUT2D eigenvalue weighted by molar-refractivity contribution is 5.89. The van der Waals surface area contributed by atoms with E-state index < -0.39 is 11.8 Å². The lowest BCUT2D eigenvalue weighted by Crippen LogP contribution is -2.14. The standard InChI is InChI=1S/C14H16FN3O3/c1-10(2)20-5-6-21-14(19)11-3-4-13(12(15)7-11)18-9-16-8-17-18/h3-4,7-10H,5-6H2,1-2H3. The third-order valence-corrected chi connectivity index (χ3v) is 2.62. The minimum atomic E-state index is -0.591. The summed E-state index contributed by atoms with van der Waals surface area (Å²) >= 11 is 0. The Kier molecular flexibility index (Phi) is 4.99. The molecule has 0 bridgehead atoms. The smallest absolute Gasteiger partial charge is 0.338 e. The van der Waals surface area contributed by atoms with Gasteiger partial charge >= 0.3 is 5.97 Å². The number of halogens is 1. The maximum atomic E-state index is 13.9. The lowest BCUT2D eigenvalue weighted by Gasteiger charge is -2.09. The van der Waals surface area contributed by atoms with Crippen LogP contribution in [0.2, 0.25) is 0 Å². The molecule has 0 unspecified atom stereocenters. The van der Waals surface area contributed by atoms with Gasteiger partial charge in [-0.3, -0.25) is 0 Å². The minimum absolute atomic E-state index is 0.0723. The van der Waals surface area contributed by atoms with Crippen molar-refractivity contribution in [2.45, 2.75) is 20.0 Å². The molecular weight excluding hydrogens is 277 g/mol. The van der Waals surface area contributed by atoms with Crippen molar-refractivity contribution in [1.29, 1.82) is 0 Å². The minimum Gasteiger partial charge on any atom is -0.460 e. The second-order valence-electron chi connectivity index (χ2n) is 4.56. The number of carbonyl (C=O) groups excluding carboxylic acids is 1. The van der Waals surface area contributed by atoms with Crippen LogP contribution in [0.1, 0.15) is 24.2 Å². The third-order valence-electron chi connectivity index (χ3n) is 2.62. The molecule has 0 aliphatic rings. The van der Waals surface area contributed by atoms with Gasteiger partial charge in [-0.25, -0.2) is 18.9 Å². The first kappa shape index (κ1) is 15.1. The van der Waals surface area contributed by atoms with E-state index in [1.807, 2.05) is 13.8 Å². The van der Waals surface area contributed by atoms with Gasteiger partial charge in [-0.05, 0) is 32.0 Å². The van der Waals surface area contributed by atoms with Crippen molar-refractivity contribution in [1.82, 2.24) is 14.8 Å². The van der Waals surface area contributed by atoms with Gasteiger partial charge in [0, 0.05) is 0 Å². The summed E-state index contributed by atoms with van der Waals surface area (Å²) < 4.78 is 25.5. The first-order chi connectivity index (χ1) is 10.1. The van der Waals surface area contributed by atoms with Crippen molar-refractivity contribution in [3.63, 3.8) is 0 Å². The predicted octanol–water partition coefficient (Wildman–Crippen LogP) is 1.99. The van der Waals surface area contributed by atoms with E-state index in [1.54, 1.807) is 0 Å². The van der Waals surface area contributed by atoms with Gasteiger partial charge in [-0.15, -0.1) is 0 Å². The quantitative estimate of drug-likeness (QED) is 0.602. The van der Waals surface area contributed by atoms with Gasteiger partial charge in [0.15, 0.2) is 0 Å². The van der Waals surface area contributed by atoms with Crippen LogP contribution in [0, 0.1) is 5.82 Å². The van der Waals surface area contributed by atoms with Crippen LogP contribution in [-0.2, 0) is 9.47 Å². The van der Waals surface area contributed by atoms with E-state index in [9.17, 15) is 9.18 Å². The van der Waals surface area contributed by atoms with Crippen molar-refractivity contribution in [2.24, 2.45) is 0 Å². The summed E-state index contributed by atoms with van der Waals surface area (Å²) in [7, 11) is 0. The molecule has 1 aromatic carbocycles. The van der Waals surface area contributed by atoms with Crippen molar-refractivity contribution < 1.29 is 18.7 Å². The lowest BCUT2D eigenvalue weighted by atomic mass is 10.2. The van der Waals surface area contributed by atoms with Gasteiger partial charge in [-0.1, -0.05) is 0 Å². The van der Waals surface area contributed by atoms with Gasteiger partial charge in [0.05, 0.1) is 18.3 Å². The van der Waals surface area contributed by atoms with E-state index in [1.165, 1.54) is 29.5 Å². The summed E-state index contributed by atoms with van der Waals surface area (Å²) in [6.45, 7) is 4.21. The van der Waals surface area contributed by atoms with Gasteiger partial charge < -0.3 is 9.47 Å². The van der Waals surface area contributed by atoms with Crippen LogP contribution in [0.5, 0.6) is 0 Å². The van der Waals surface area contributed by atoms with Crippen molar-refractivity contribution in [3.05, 3.63) is 42.2 Å².